The highest BCUT2D eigenvalue weighted by Crippen LogP contribution is 2.21. The van der Waals surface area contributed by atoms with Gasteiger partial charge in [0.1, 0.15) is 11.5 Å². The Morgan fingerprint density at radius 3 is 2.84 bits per heavy atom. The molecule has 0 unspecified atom stereocenters. The third-order valence-corrected chi connectivity index (χ3v) is 3.64. The van der Waals surface area contributed by atoms with Gasteiger partial charge in [-0.3, -0.25) is 5.10 Å². The van der Waals surface area contributed by atoms with Crippen molar-refractivity contribution in [1.82, 2.24) is 29.5 Å². The molecule has 0 amide bonds. The van der Waals surface area contributed by atoms with Crippen LogP contribution >= 0.6 is 0 Å². The van der Waals surface area contributed by atoms with E-state index in [0.717, 1.165) is 5.56 Å². The van der Waals surface area contributed by atoms with Gasteiger partial charge < -0.3 is 4.40 Å². The highest BCUT2D eigenvalue weighted by Gasteiger charge is 2.17. The summed E-state index contributed by atoms with van der Waals surface area (Å²) in [6.07, 6.45) is 2.49. The second-order valence-electron chi connectivity index (χ2n) is 5.38. The summed E-state index contributed by atoms with van der Waals surface area (Å²) in [5.41, 5.74) is 2.20. The van der Waals surface area contributed by atoms with Gasteiger partial charge in [-0.1, -0.05) is 12.1 Å². The molecule has 3 aromatic heterocycles. The zero-order valence-electron chi connectivity index (χ0n) is 12.7. The van der Waals surface area contributed by atoms with E-state index in [1.54, 1.807) is 35.1 Å². The Kier molecular flexibility index (Phi) is 3.68. The van der Waals surface area contributed by atoms with Crippen molar-refractivity contribution < 1.29 is 13.2 Å². The van der Waals surface area contributed by atoms with Crippen LogP contribution in [-0.2, 0) is 6.42 Å². The summed E-state index contributed by atoms with van der Waals surface area (Å²) in [7, 11) is 0. The highest BCUT2D eigenvalue weighted by molar-refractivity contribution is 5.55. The Hall–Kier alpha value is -3.23. The van der Waals surface area contributed by atoms with E-state index in [1.165, 1.54) is 12.1 Å². The number of hydrogen-bond acceptors (Lipinski definition) is 4. The SMILES string of the molecule is Fc1cccc(Cc2nc(-c3n[nH]c(C(F)F)n3)cn3ccnc23)c1. The number of imidazole rings is 1. The van der Waals surface area contributed by atoms with E-state index in [1.807, 2.05) is 0 Å². The van der Waals surface area contributed by atoms with Crippen molar-refractivity contribution in [2.45, 2.75) is 12.8 Å². The van der Waals surface area contributed by atoms with Crippen molar-refractivity contribution in [3.63, 3.8) is 0 Å². The number of rotatable bonds is 4. The molecule has 3 heterocycles. The first-order chi connectivity index (χ1) is 12.1. The minimum atomic E-state index is -2.75. The number of H-pyrrole nitrogens is 1. The van der Waals surface area contributed by atoms with Gasteiger partial charge in [0.15, 0.2) is 11.5 Å². The fourth-order valence-electron chi connectivity index (χ4n) is 2.55. The maximum atomic E-state index is 13.4. The van der Waals surface area contributed by atoms with E-state index in [-0.39, 0.29) is 11.6 Å². The van der Waals surface area contributed by atoms with Gasteiger partial charge in [0.2, 0.25) is 5.82 Å². The number of halogens is 3. The average molecular weight is 344 g/mol. The first-order valence-electron chi connectivity index (χ1n) is 7.38. The summed E-state index contributed by atoms with van der Waals surface area (Å²) >= 11 is 0. The molecular formula is C16H11F3N6. The number of benzene rings is 1. The molecule has 6 nitrogen and oxygen atoms in total. The molecule has 25 heavy (non-hydrogen) atoms. The van der Waals surface area contributed by atoms with E-state index in [0.29, 0.717) is 23.5 Å². The second kappa shape index (κ2) is 6.00. The van der Waals surface area contributed by atoms with Gasteiger partial charge in [-0.15, -0.1) is 0 Å². The van der Waals surface area contributed by atoms with Crippen molar-refractivity contribution in [2.24, 2.45) is 0 Å². The molecule has 0 aliphatic rings. The molecule has 126 valence electrons. The Morgan fingerprint density at radius 2 is 2.08 bits per heavy atom. The van der Waals surface area contributed by atoms with Crippen LogP contribution in [0.2, 0.25) is 0 Å². The lowest BCUT2D eigenvalue weighted by molar-refractivity contribution is 0.141. The van der Waals surface area contributed by atoms with E-state index in [2.05, 4.69) is 25.1 Å². The van der Waals surface area contributed by atoms with Crippen molar-refractivity contribution in [3.8, 4) is 11.5 Å². The van der Waals surface area contributed by atoms with Crippen molar-refractivity contribution >= 4 is 5.65 Å². The topological polar surface area (TPSA) is 71.8 Å². The van der Waals surface area contributed by atoms with Gasteiger partial charge in [0.05, 0.1) is 5.69 Å². The van der Waals surface area contributed by atoms with Gasteiger partial charge in [-0.2, -0.15) is 5.10 Å². The third kappa shape index (κ3) is 2.95. The standard InChI is InChI=1S/C16H11F3N6/c17-10-3-1-2-9(6-10)7-11-16-20-4-5-25(16)8-12(21-11)14-22-15(13(18)19)24-23-14/h1-6,8,13H,7H2,(H,22,23,24). The quantitative estimate of drug-likeness (QED) is 0.617. The summed E-state index contributed by atoms with van der Waals surface area (Å²) in [6.45, 7) is 0. The summed E-state index contributed by atoms with van der Waals surface area (Å²) in [5.74, 6) is -0.802. The predicted molar refractivity (Wildman–Crippen MR) is 82.5 cm³/mol. The molecule has 0 saturated heterocycles. The summed E-state index contributed by atoms with van der Waals surface area (Å²) in [6, 6.07) is 6.16. The molecular weight excluding hydrogens is 333 g/mol. The van der Waals surface area contributed by atoms with Crippen LogP contribution < -0.4 is 0 Å². The Balaban J connectivity index is 1.79. The number of fused-ring (bicyclic) bond motifs is 1. The lowest BCUT2D eigenvalue weighted by Gasteiger charge is -2.06. The third-order valence-electron chi connectivity index (χ3n) is 3.64. The smallest absolute Gasteiger partial charge is 0.296 e. The van der Waals surface area contributed by atoms with Crippen LogP contribution in [-0.4, -0.2) is 29.5 Å². The molecule has 0 fully saturated rings. The molecule has 0 radical (unpaired) electrons. The molecule has 0 atom stereocenters. The number of nitrogens with one attached hydrogen (secondary N) is 1. The van der Waals surface area contributed by atoms with Crippen molar-refractivity contribution in [1.29, 1.82) is 0 Å². The monoisotopic (exact) mass is 344 g/mol. The van der Waals surface area contributed by atoms with Crippen LogP contribution in [0.1, 0.15) is 23.5 Å². The van der Waals surface area contributed by atoms with Crippen LogP contribution in [0.15, 0.2) is 42.9 Å². The lowest BCUT2D eigenvalue weighted by atomic mass is 10.1. The molecule has 0 aliphatic carbocycles. The number of nitrogens with zero attached hydrogens (tertiary/aromatic N) is 5. The predicted octanol–water partition coefficient (Wildman–Crippen LogP) is 3.18. The van der Waals surface area contributed by atoms with E-state index >= 15 is 0 Å². The molecule has 9 heteroatoms. The molecule has 0 aliphatic heterocycles. The number of aromatic nitrogens is 6. The van der Waals surface area contributed by atoms with E-state index in [9.17, 15) is 13.2 Å². The minimum absolute atomic E-state index is 0.0615. The molecule has 0 bridgehead atoms. The van der Waals surface area contributed by atoms with Gasteiger partial charge >= 0.3 is 0 Å². The normalized spacial score (nSPS) is 11.5. The zero-order valence-corrected chi connectivity index (χ0v) is 12.7. The van der Waals surface area contributed by atoms with Crippen LogP contribution in [0.4, 0.5) is 13.2 Å². The van der Waals surface area contributed by atoms with Gasteiger partial charge in [-0.05, 0) is 17.7 Å². The van der Waals surface area contributed by atoms with Crippen LogP contribution in [0.3, 0.4) is 0 Å². The highest BCUT2D eigenvalue weighted by atomic mass is 19.3. The molecule has 1 N–H and O–H groups in total. The molecule has 4 aromatic rings. The molecule has 0 spiro atoms. The van der Waals surface area contributed by atoms with Gasteiger partial charge in [-0.25, -0.2) is 28.1 Å². The summed E-state index contributed by atoms with van der Waals surface area (Å²) < 4.78 is 40.5. The van der Waals surface area contributed by atoms with Gasteiger partial charge in [0, 0.05) is 25.0 Å². The largest absolute Gasteiger partial charge is 0.303 e. The molecule has 1 aromatic carbocycles. The molecule has 0 saturated carbocycles. The summed E-state index contributed by atoms with van der Waals surface area (Å²) in [5, 5.41) is 5.99. The first kappa shape index (κ1) is 15.3. The maximum absolute atomic E-state index is 13.4. The zero-order chi connectivity index (χ0) is 17.4. The Labute approximate surface area is 139 Å². The lowest BCUT2D eigenvalue weighted by Crippen LogP contribution is -2.01. The van der Waals surface area contributed by atoms with E-state index in [4.69, 9.17) is 0 Å². The van der Waals surface area contributed by atoms with Crippen LogP contribution in [0.25, 0.3) is 17.2 Å². The fourth-order valence-corrected chi connectivity index (χ4v) is 2.55. The number of hydrogen-bond donors (Lipinski definition) is 1. The second-order valence-corrected chi connectivity index (χ2v) is 5.38. The maximum Gasteiger partial charge on any atom is 0.296 e. The van der Waals surface area contributed by atoms with Crippen LogP contribution in [0.5, 0.6) is 0 Å². The average Bonchev–Trinajstić information content (AvgIpc) is 3.24. The Morgan fingerprint density at radius 1 is 1.20 bits per heavy atom. The fraction of sp³-hybridized carbons (Fsp3) is 0.125. The minimum Gasteiger partial charge on any atom is -0.303 e. The van der Waals surface area contributed by atoms with E-state index < -0.39 is 12.2 Å². The Bertz CT molecular complexity index is 1040. The van der Waals surface area contributed by atoms with Crippen molar-refractivity contribution in [3.05, 3.63) is 65.8 Å². The molecule has 4 rings (SSSR count). The van der Waals surface area contributed by atoms with Crippen molar-refractivity contribution in [2.75, 3.05) is 0 Å². The number of alkyl halides is 2. The first-order valence-corrected chi connectivity index (χ1v) is 7.38. The van der Waals surface area contributed by atoms with Crippen LogP contribution in [0, 0.1) is 5.82 Å². The summed E-state index contributed by atoms with van der Waals surface area (Å²) in [4.78, 5) is 12.4. The number of aromatic amines is 1. The van der Waals surface area contributed by atoms with Gasteiger partial charge in [0.25, 0.3) is 6.43 Å².